The van der Waals surface area contributed by atoms with Crippen molar-refractivity contribution in [1.82, 2.24) is 4.90 Å². The van der Waals surface area contributed by atoms with Gasteiger partial charge in [0.15, 0.2) is 0 Å². The van der Waals surface area contributed by atoms with Crippen molar-refractivity contribution < 1.29 is 29.3 Å². The Morgan fingerprint density at radius 1 is 1.30 bits per heavy atom. The first-order chi connectivity index (χ1) is 17.5. The van der Waals surface area contributed by atoms with Gasteiger partial charge in [-0.1, -0.05) is 39.0 Å². The number of carbonyl (C=O) groups excluding carboxylic acids is 2. The molecule has 6 atom stereocenters. The maximum atomic E-state index is 14.6. The molecule has 3 saturated heterocycles. The van der Waals surface area contributed by atoms with Gasteiger partial charge in [0.05, 0.1) is 24.2 Å². The molecule has 0 saturated carbocycles. The monoisotopic (exact) mass is 512 g/mol. The molecule has 0 aliphatic carbocycles. The Kier molecular flexibility index (Phi) is 7.29. The molecular formula is C29H40N2O6. The minimum Gasteiger partial charge on any atom is -0.481 e. The normalized spacial score (nSPS) is 31.1. The number of aliphatic hydroxyl groups is 1. The van der Waals surface area contributed by atoms with Crippen molar-refractivity contribution in [2.45, 2.75) is 83.6 Å². The highest BCUT2D eigenvalue weighted by atomic mass is 16.5. The van der Waals surface area contributed by atoms with Crippen molar-refractivity contribution in [3.63, 3.8) is 0 Å². The van der Waals surface area contributed by atoms with Crippen LogP contribution in [-0.2, 0) is 19.1 Å². The number of aryl methyl sites for hydroxylation is 2. The number of benzene rings is 1. The van der Waals surface area contributed by atoms with E-state index in [9.17, 15) is 24.6 Å². The van der Waals surface area contributed by atoms with Crippen LogP contribution in [0.15, 0.2) is 30.9 Å². The van der Waals surface area contributed by atoms with Crippen molar-refractivity contribution in [1.29, 1.82) is 0 Å². The third kappa shape index (κ3) is 4.09. The molecule has 2 N–H and O–H groups in total. The largest absolute Gasteiger partial charge is 0.481 e. The van der Waals surface area contributed by atoms with E-state index in [2.05, 4.69) is 6.58 Å². The number of nitrogens with zero attached hydrogens (tertiary/aromatic N) is 2. The van der Waals surface area contributed by atoms with Crippen LogP contribution in [0.1, 0.15) is 57.6 Å². The SMILES string of the molecule is C=CCN(C(=O)C1N([C@@H](CO)CC(C)C)C(=O)[C@@H]2[C@H](C(=O)O)[C@]3(CC)CCC12O3)c1cc(C)ccc1C. The summed E-state index contributed by atoms with van der Waals surface area (Å²) in [6, 6.07) is 4.19. The van der Waals surface area contributed by atoms with Crippen LogP contribution in [-0.4, -0.2) is 69.3 Å². The highest BCUT2D eigenvalue weighted by molar-refractivity contribution is 6.05. The van der Waals surface area contributed by atoms with Gasteiger partial charge < -0.3 is 24.7 Å². The number of carboxylic acids is 1. The summed E-state index contributed by atoms with van der Waals surface area (Å²) in [5, 5.41) is 20.7. The van der Waals surface area contributed by atoms with Gasteiger partial charge in [-0.25, -0.2) is 0 Å². The van der Waals surface area contributed by atoms with Crippen LogP contribution < -0.4 is 4.90 Å². The average Bonchev–Trinajstić information content (AvgIpc) is 3.46. The number of aliphatic carboxylic acids is 1. The number of likely N-dealkylation sites (tertiary alicyclic amines) is 1. The first-order valence-electron chi connectivity index (χ1n) is 13.3. The Bertz CT molecular complexity index is 1100. The topological polar surface area (TPSA) is 107 Å². The average molecular weight is 513 g/mol. The summed E-state index contributed by atoms with van der Waals surface area (Å²) in [5.74, 6) is -3.67. The standard InChI is InChI=1S/C29H40N2O6/c1-7-13-30(21-15-18(5)9-10-19(21)6)26(34)24-29-12-11-28(8-2,37-29)23(27(35)36)22(29)25(33)31(24)20(16-32)14-17(3)4/h7,9-10,15,17,20,22-24,32H,1,8,11-14,16H2,2-6H3,(H,35,36)/t20-,22+,23-,24?,28+,29?/m1/s1. The van der Waals surface area contributed by atoms with Crippen molar-refractivity contribution >= 4 is 23.5 Å². The van der Waals surface area contributed by atoms with Crippen LogP contribution in [0.4, 0.5) is 5.69 Å². The van der Waals surface area contributed by atoms with Gasteiger partial charge in [-0.15, -0.1) is 6.58 Å². The Balaban J connectivity index is 1.90. The summed E-state index contributed by atoms with van der Waals surface area (Å²) >= 11 is 0. The second kappa shape index (κ2) is 9.87. The Morgan fingerprint density at radius 3 is 2.57 bits per heavy atom. The molecule has 0 aromatic heterocycles. The molecule has 3 heterocycles. The van der Waals surface area contributed by atoms with E-state index < -0.39 is 47.0 Å². The number of fused-ring (bicyclic) bond motifs is 1. The van der Waals surface area contributed by atoms with E-state index in [4.69, 9.17) is 4.74 Å². The highest BCUT2D eigenvalue weighted by Gasteiger charge is 2.79. The Hall–Kier alpha value is -2.71. The molecule has 3 aliphatic heterocycles. The van der Waals surface area contributed by atoms with Crippen molar-refractivity contribution in [3.8, 4) is 0 Å². The third-order valence-corrected chi connectivity index (χ3v) is 8.70. The summed E-state index contributed by atoms with van der Waals surface area (Å²) in [7, 11) is 0. The Morgan fingerprint density at radius 2 is 2.00 bits per heavy atom. The van der Waals surface area contributed by atoms with E-state index in [-0.39, 0.29) is 25.0 Å². The minimum atomic E-state index is -1.26. The van der Waals surface area contributed by atoms with Gasteiger partial charge in [-0.3, -0.25) is 14.4 Å². The molecule has 2 amide bonds. The van der Waals surface area contributed by atoms with E-state index in [0.29, 0.717) is 31.4 Å². The van der Waals surface area contributed by atoms with Crippen LogP contribution in [0.25, 0.3) is 0 Å². The first-order valence-corrected chi connectivity index (χ1v) is 13.3. The van der Waals surface area contributed by atoms with Gasteiger partial charge in [0.25, 0.3) is 5.91 Å². The van der Waals surface area contributed by atoms with E-state index in [0.717, 1.165) is 11.1 Å². The van der Waals surface area contributed by atoms with E-state index >= 15 is 0 Å². The molecule has 1 spiro atoms. The van der Waals surface area contributed by atoms with Gasteiger partial charge in [0, 0.05) is 12.2 Å². The summed E-state index contributed by atoms with van der Waals surface area (Å²) in [6.07, 6.45) is 3.47. The number of aliphatic hydroxyl groups excluding tert-OH is 1. The fraction of sp³-hybridized carbons (Fsp3) is 0.621. The lowest BCUT2D eigenvalue weighted by Crippen LogP contribution is -2.59. The van der Waals surface area contributed by atoms with Gasteiger partial charge in [0.2, 0.25) is 5.91 Å². The van der Waals surface area contributed by atoms with Gasteiger partial charge >= 0.3 is 5.97 Å². The molecule has 8 nitrogen and oxygen atoms in total. The number of carbonyl (C=O) groups is 3. The molecule has 202 valence electrons. The molecule has 1 aromatic rings. The number of hydrogen-bond donors (Lipinski definition) is 2. The van der Waals surface area contributed by atoms with Gasteiger partial charge in [-0.2, -0.15) is 0 Å². The minimum absolute atomic E-state index is 0.149. The summed E-state index contributed by atoms with van der Waals surface area (Å²) < 4.78 is 6.65. The van der Waals surface area contributed by atoms with Crippen molar-refractivity contribution in [2.75, 3.05) is 18.1 Å². The highest BCUT2D eigenvalue weighted by Crippen LogP contribution is 2.64. The van der Waals surface area contributed by atoms with Crippen LogP contribution in [0.2, 0.25) is 0 Å². The van der Waals surface area contributed by atoms with E-state index in [1.807, 2.05) is 52.8 Å². The predicted octanol–water partition coefficient (Wildman–Crippen LogP) is 3.47. The van der Waals surface area contributed by atoms with E-state index in [1.165, 1.54) is 4.90 Å². The van der Waals surface area contributed by atoms with Crippen LogP contribution in [0.5, 0.6) is 0 Å². The molecule has 2 unspecified atom stereocenters. The number of hydrogen-bond acceptors (Lipinski definition) is 5. The van der Waals surface area contributed by atoms with Crippen LogP contribution in [0.3, 0.4) is 0 Å². The summed E-state index contributed by atoms with van der Waals surface area (Å²) in [5.41, 5.74) is 0.367. The van der Waals surface area contributed by atoms with Crippen LogP contribution >= 0.6 is 0 Å². The van der Waals surface area contributed by atoms with Gasteiger partial charge in [-0.05, 0) is 62.6 Å². The molecule has 37 heavy (non-hydrogen) atoms. The van der Waals surface area contributed by atoms with E-state index in [1.54, 1.807) is 11.0 Å². The number of carboxylic acid groups (broad SMARTS) is 1. The predicted molar refractivity (Wildman–Crippen MR) is 140 cm³/mol. The molecule has 3 fully saturated rings. The number of ether oxygens (including phenoxy) is 1. The molecular weight excluding hydrogens is 472 g/mol. The smallest absolute Gasteiger partial charge is 0.310 e. The fourth-order valence-electron chi connectivity index (χ4n) is 7.12. The fourth-order valence-corrected chi connectivity index (χ4v) is 7.12. The van der Waals surface area contributed by atoms with Gasteiger partial charge in [0.1, 0.15) is 17.6 Å². The second-order valence-electron chi connectivity index (χ2n) is 11.4. The molecule has 3 aliphatic rings. The lowest BCUT2D eigenvalue weighted by molar-refractivity contribution is -0.157. The molecule has 0 radical (unpaired) electrons. The number of amides is 2. The zero-order valence-electron chi connectivity index (χ0n) is 22.6. The lowest BCUT2D eigenvalue weighted by atomic mass is 9.65. The molecule has 2 bridgehead atoms. The molecule has 8 heteroatoms. The summed E-state index contributed by atoms with van der Waals surface area (Å²) in [6.45, 7) is 13.5. The second-order valence-corrected chi connectivity index (χ2v) is 11.4. The quantitative estimate of drug-likeness (QED) is 0.465. The zero-order chi connectivity index (χ0) is 27.3. The molecule has 4 rings (SSSR count). The first kappa shape index (κ1) is 27.3. The van der Waals surface area contributed by atoms with Crippen molar-refractivity contribution in [3.05, 3.63) is 42.0 Å². The van der Waals surface area contributed by atoms with Crippen LogP contribution in [0, 0.1) is 31.6 Å². The maximum absolute atomic E-state index is 14.6. The number of rotatable bonds is 10. The zero-order valence-corrected chi connectivity index (χ0v) is 22.6. The number of anilines is 1. The summed E-state index contributed by atoms with van der Waals surface area (Å²) in [4.78, 5) is 44.5. The van der Waals surface area contributed by atoms with Crippen molar-refractivity contribution in [2.24, 2.45) is 17.8 Å². The molecule has 1 aromatic carbocycles. The Labute approximate surface area is 219 Å². The lowest BCUT2D eigenvalue weighted by Gasteiger charge is -2.40. The third-order valence-electron chi connectivity index (χ3n) is 8.70. The maximum Gasteiger partial charge on any atom is 0.310 e.